The molecule has 0 radical (unpaired) electrons. The third-order valence-electron chi connectivity index (χ3n) is 4.37. The fourth-order valence-electron chi connectivity index (χ4n) is 2.97. The maximum absolute atomic E-state index is 12.7. The fraction of sp³-hybridized carbons (Fsp3) is 0.211. The van der Waals surface area contributed by atoms with E-state index in [1.54, 1.807) is 11.0 Å². The van der Waals surface area contributed by atoms with Gasteiger partial charge in [-0.05, 0) is 52.7 Å². The molecule has 1 aliphatic rings. The first kappa shape index (κ1) is 19.4. The zero-order valence-corrected chi connectivity index (χ0v) is 16.8. The Labute approximate surface area is 170 Å². The smallest absolute Gasteiger partial charge is 0.252 e. The first-order chi connectivity index (χ1) is 12.9. The number of carbonyl (C=O) groups is 3. The summed E-state index contributed by atoms with van der Waals surface area (Å²) >= 11 is 9.45. The molecule has 0 saturated carbocycles. The van der Waals surface area contributed by atoms with Crippen LogP contribution in [-0.4, -0.2) is 31.3 Å². The molecule has 1 fully saturated rings. The number of hydrogen-bond acceptors (Lipinski definition) is 3. The van der Waals surface area contributed by atoms with E-state index in [9.17, 15) is 14.4 Å². The van der Waals surface area contributed by atoms with Crippen molar-refractivity contribution >= 4 is 56.6 Å². The number of nitrogens with one attached hydrogen (secondary N) is 2. The van der Waals surface area contributed by atoms with Crippen molar-refractivity contribution in [1.82, 2.24) is 5.32 Å². The van der Waals surface area contributed by atoms with E-state index in [4.69, 9.17) is 11.6 Å². The average Bonchev–Trinajstić information content (AvgIpc) is 3.04. The van der Waals surface area contributed by atoms with Gasteiger partial charge < -0.3 is 15.5 Å². The Hall–Kier alpha value is -2.38. The van der Waals surface area contributed by atoms with Crippen molar-refractivity contribution in [2.75, 3.05) is 23.8 Å². The number of anilines is 2. The van der Waals surface area contributed by atoms with Crippen LogP contribution in [0.4, 0.5) is 11.4 Å². The Morgan fingerprint density at radius 3 is 2.67 bits per heavy atom. The van der Waals surface area contributed by atoms with Gasteiger partial charge in [-0.3, -0.25) is 14.4 Å². The van der Waals surface area contributed by atoms with Crippen molar-refractivity contribution in [3.8, 4) is 0 Å². The van der Waals surface area contributed by atoms with E-state index in [0.29, 0.717) is 18.7 Å². The summed E-state index contributed by atoms with van der Waals surface area (Å²) in [5.74, 6) is -1.79. The number of rotatable bonds is 4. The molecule has 0 aromatic heterocycles. The Kier molecular flexibility index (Phi) is 5.82. The van der Waals surface area contributed by atoms with Crippen LogP contribution < -0.4 is 15.5 Å². The number of benzene rings is 2. The summed E-state index contributed by atoms with van der Waals surface area (Å²) in [5, 5.41) is 5.49. The Morgan fingerprint density at radius 2 is 1.96 bits per heavy atom. The van der Waals surface area contributed by atoms with Crippen molar-refractivity contribution in [2.24, 2.45) is 5.92 Å². The molecule has 27 heavy (non-hydrogen) atoms. The highest BCUT2D eigenvalue weighted by Crippen LogP contribution is 2.32. The number of hydrogen-bond donors (Lipinski definition) is 2. The topological polar surface area (TPSA) is 78.5 Å². The lowest BCUT2D eigenvalue weighted by Gasteiger charge is -2.18. The Morgan fingerprint density at radius 1 is 1.22 bits per heavy atom. The first-order valence-corrected chi connectivity index (χ1v) is 9.48. The van der Waals surface area contributed by atoms with E-state index in [0.717, 1.165) is 10.2 Å². The lowest BCUT2D eigenvalue weighted by atomic mass is 10.1. The summed E-state index contributed by atoms with van der Waals surface area (Å²) < 4.78 is 0.798. The second-order valence-electron chi connectivity index (χ2n) is 6.05. The van der Waals surface area contributed by atoms with Crippen LogP contribution in [0.25, 0.3) is 0 Å². The van der Waals surface area contributed by atoms with Crippen LogP contribution in [0, 0.1) is 5.92 Å². The maximum Gasteiger partial charge on any atom is 0.252 e. The molecule has 6 nitrogen and oxygen atoms in total. The third kappa shape index (κ3) is 3.99. The molecule has 0 spiro atoms. The highest BCUT2D eigenvalue weighted by atomic mass is 79.9. The largest absolute Gasteiger partial charge is 0.355 e. The van der Waals surface area contributed by atoms with Crippen molar-refractivity contribution in [3.63, 3.8) is 0 Å². The second-order valence-corrected chi connectivity index (χ2v) is 7.31. The van der Waals surface area contributed by atoms with E-state index in [-0.39, 0.29) is 22.4 Å². The summed E-state index contributed by atoms with van der Waals surface area (Å²) in [6, 6.07) is 12.0. The van der Waals surface area contributed by atoms with Crippen LogP contribution >= 0.6 is 27.5 Å². The van der Waals surface area contributed by atoms with Crippen LogP contribution in [0.1, 0.15) is 16.8 Å². The van der Waals surface area contributed by atoms with Gasteiger partial charge in [0.05, 0.1) is 16.3 Å². The molecule has 3 amide bonds. The predicted molar refractivity (Wildman–Crippen MR) is 108 cm³/mol. The van der Waals surface area contributed by atoms with Crippen LogP contribution in [-0.2, 0) is 9.59 Å². The molecule has 0 bridgehead atoms. The predicted octanol–water partition coefficient (Wildman–Crippen LogP) is 3.45. The molecular formula is C19H17BrClN3O3. The molecule has 3 rings (SSSR count). The number of nitrogens with zero attached hydrogens (tertiary/aromatic N) is 1. The summed E-state index contributed by atoms with van der Waals surface area (Å²) in [7, 11) is 1.50. The standard InChI is InChI=1S/C19H17BrClN3O3/c1-22-17(25)13-10-11(6-7-15(13)21)23-18(26)12-8-9-24(19(12)27)16-5-3-2-4-14(16)20/h2-7,10,12H,8-9H2,1H3,(H,22,25)(H,23,26). The van der Waals surface area contributed by atoms with Gasteiger partial charge in [-0.25, -0.2) is 0 Å². The van der Waals surface area contributed by atoms with Gasteiger partial charge in [0.1, 0.15) is 5.92 Å². The summed E-state index contributed by atoms with van der Waals surface area (Å²) in [4.78, 5) is 38.8. The van der Waals surface area contributed by atoms with E-state index >= 15 is 0 Å². The first-order valence-electron chi connectivity index (χ1n) is 8.30. The number of amides is 3. The molecule has 8 heteroatoms. The minimum atomic E-state index is -0.781. The molecule has 1 saturated heterocycles. The SMILES string of the molecule is CNC(=O)c1cc(NC(=O)C2CCN(c3ccccc3Br)C2=O)ccc1Cl. The molecular weight excluding hydrogens is 434 g/mol. The normalized spacial score (nSPS) is 16.3. The van der Waals surface area contributed by atoms with Crippen molar-refractivity contribution < 1.29 is 14.4 Å². The number of halogens is 2. The quantitative estimate of drug-likeness (QED) is 0.700. The average molecular weight is 451 g/mol. The van der Waals surface area contributed by atoms with Crippen molar-refractivity contribution in [1.29, 1.82) is 0 Å². The van der Waals surface area contributed by atoms with Gasteiger partial charge in [0, 0.05) is 23.8 Å². The molecule has 1 atom stereocenters. The molecule has 1 heterocycles. The maximum atomic E-state index is 12.7. The summed E-state index contributed by atoms with van der Waals surface area (Å²) in [6.45, 7) is 0.462. The third-order valence-corrected chi connectivity index (χ3v) is 5.37. The lowest BCUT2D eigenvalue weighted by molar-refractivity contribution is -0.129. The summed E-state index contributed by atoms with van der Waals surface area (Å²) in [5.41, 5.74) is 1.41. The molecule has 140 valence electrons. The van der Waals surface area contributed by atoms with Crippen LogP contribution in [0.2, 0.25) is 5.02 Å². The van der Waals surface area contributed by atoms with Gasteiger partial charge in [-0.1, -0.05) is 23.7 Å². The van der Waals surface area contributed by atoms with Crippen LogP contribution in [0.5, 0.6) is 0 Å². The van der Waals surface area contributed by atoms with E-state index in [2.05, 4.69) is 26.6 Å². The molecule has 2 aromatic carbocycles. The van der Waals surface area contributed by atoms with Gasteiger partial charge in [0.15, 0.2) is 0 Å². The van der Waals surface area contributed by atoms with Gasteiger partial charge >= 0.3 is 0 Å². The zero-order chi connectivity index (χ0) is 19.6. The highest BCUT2D eigenvalue weighted by molar-refractivity contribution is 9.10. The second kappa shape index (κ2) is 8.10. The zero-order valence-electron chi connectivity index (χ0n) is 14.5. The number of carbonyl (C=O) groups excluding carboxylic acids is 3. The van der Waals surface area contributed by atoms with E-state index in [1.807, 2.05) is 24.3 Å². The van der Waals surface area contributed by atoms with E-state index < -0.39 is 11.8 Å². The minimum absolute atomic E-state index is 0.250. The monoisotopic (exact) mass is 449 g/mol. The Bertz CT molecular complexity index is 919. The van der Waals surface area contributed by atoms with E-state index in [1.165, 1.54) is 19.2 Å². The molecule has 1 unspecified atom stereocenters. The van der Waals surface area contributed by atoms with Gasteiger partial charge in [0.2, 0.25) is 11.8 Å². The number of para-hydroxylation sites is 1. The van der Waals surface area contributed by atoms with Gasteiger partial charge in [-0.2, -0.15) is 0 Å². The van der Waals surface area contributed by atoms with Crippen LogP contribution in [0.15, 0.2) is 46.9 Å². The van der Waals surface area contributed by atoms with Gasteiger partial charge in [-0.15, -0.1) is 0 Å². The van der Waals surface area contributed by atoms with Crippen LogP contribution in [0.3, 0.4) is 0 Å². The lowest BCUT2D eigenvalue weighted by Crippen LogP contribution is -2.33. The van der Waals surface area contributed by atoms with Crippen molar-refractivity contribution in [2.45, 2.75) is 6.42 Å². The molecule has 0 aliphatic carbocycles. The van der Waals surface area contributed by atoms with Gasteiger partial charge in [0.25, 0.3) is 5.91 Å². The minimum Gasteiger partial charge on any atom is -0.355 e. The summed E-state index contributed by atoms with van der Waals surface area (Å²) in [6.07, 6.45) is 0.419. The molecule has 1 aliphatic heterocycles. The highest BCUT2D eigenvalue weighted by Gasteiger charge is 2.38. The van der Waals surface area contributed by atoms with Crippen molar-refractivity contribution in [3.05, 3.63) is 57.5 Å². The molecule has 2 N–H and O–H groups in total. The molecule has 2 aromatic rings. The fourth-order valence-corrected chi connectivity index (χ4v) is 3.68. The Balaban J connectivity index is 1.75.